The van der Waals surface area contributed by atoms with Crippen LogP contribution in [0, 0.1) is 0 Å². The van der Waals surface area contributed by atoms with Gasteiger partial charge in [0.2, 0.25) is 10.0 Å². The number of hydrogen-bond donors (Lipinski definition) is 1. The summed E-state index contributed by atoms with van der Waals surface area (Å²) in [7, 11) is -3.38. The van der Waals surface area contributed by atoms with Gasteiger partial charge >= 0.3 is 0 Å². The Hall–Kier alpha value is -0.360. The summed E-state index contributed by atoms with van der Waals surface area (Å²) in [6.07, 6.45) is 7.75. The molecule has 0 spiro atoms. The second-order valence-electron chi connectivity index (χ2n) is 4.31. The van der Waals surface area contributed by atoms with E-state index in [0.717, 1.165) is 30.6 Å². The molecule has 0 aliphatic heterocycles. The number of halogens is 1. The standard InChI is InChI=1S/C12H16ClNO2S2/c13-11-6-7-12(17-11)18(15,16)14-9-8-10-4-2-1-3-5-10/h4,6-7,14H,1-3,5,8-9H2. The lowest BCUT2D eigenvalue weighted by molar-refractivity contribution is 0.581. The van der Waals surface area contributed by atoms with Gasteiger partial charge in [0, 0.05) is 6.54 Å². The summed E-state index contributed by atoms with van der Waals surface area (Å²) in [4.78, 5) is 0. The minimum Gasteiger partial charge on any atom is -0.210 e. The highest BCUT2D eigenvalue weighted by Gasteiger charge is 2.16. The van der Waals surface area contributed by atoms with Gasteiger partial charge in [-0.1, -0.05) is 23.3 Å². The summed E-state index contributed by atoms with van der Waals surface area (Å²) in [5.74, 6) is 0. The largest absolute Gasteiger partial charge is 0.250 e. The van der Waals surface area contributed by atoms with Gasteiger partial charge in [-0.2, -0.15) is 0 Å². The highest BCUT2D eigenvalue weighted by atomic mass is 35.5. The van der Waals surface area contributed by atoms with E-state index in [-0.39, 0.29) is 4.21 Å². The highest BCUT2D eigenvalue weighted by molar-refractivity contribution is 7.91. The van der Waals surface area contributed by atoms with Crippen molar-refractivity contribution in [2.45, 2.75) is 36.3 Å². The van der Waals surface area contributed by atoms with Crippen LogP contribution in [0.4, 0.5) is 0 Å². The maximum absolute atomic E-state index is 11.9. The molecule has 1 aliphatic rings. The van der Waals surface area contributed by atoms with Gasteiger partial charge in [-0.25, -0.2) is 13.1 Å². The summed E-state index contributed by atoms with van der Waals surface area (Å²) in [5.41, 5.74) is 1.37. The molecule has 0 amide bonds. The lowest BCUT2D eigenvalue weighted by Gasteiger charge is -2.12. The predicted octanol–water partition coefficient (Wildman–Crippen LogP) is 3.57. The van der Waals surface area contributed by atoms with Crippen molar-refractivity contribution in [3.05, 3.63) is 28.1 Å². The molecule has 100 valence electrons. The molecule has 6 heteroatoms. The highest BCUT2D eigenvalue weighted by Crippen LogP contribution is 2.25. The van der Waals surface area contributed by atoms with E-state index in [9.17, 15) is 8.42 Å². The predicted molar refractivity (Wildman–Crippen MR) is 75.7 cm³/mol. The van der Waals surface area contributed by atoms with Crippen LogP contribution in [-0.4, -0.2) is 15.0 Å². The molecule has 1 heterocycles. The number of rotatable bonds is 5. The summed E-state index contributed by atoms with van der Waals surface area (Å²) >= 11 is 6.82. The quantitative estimate of drug-likeness (QED) is 0.845. The molecule has 0 saturated carbocycles. The third-order valence-corrected chi connectivity index (χ3v) is 6.12. The van der Waals surface area contributed by atoms with Crippen molar-refractivity contribution >= 4 is 33.0 Å². The Morgan fingerprint density at radius 2 is 2.17 bits per heavy atom. The number of hydrogen-bond acceptors (Lipinski definition) is 3. The van der Waals surface area contributed by atoms with Crippen LogP contribution in [0.1, 0.15) is 32.1 Å². The second kappa shape index (κ2) is 6.19. The third kappa shape index (κ3) is 3.82. The molecular formula is C12H16ClNO2S2. The fraction of sp³-hybridized carbons (Fsp3) is 0.500. The van der Waals surface area contributed by atoms with Gasteiger partial charge < -0.3 is 0 Å². The van der Waals surface area contributed by atoms with Crippen molar-refractivity contribution < 1.29 is 8.42 Å². The molecule has 0 aromatic carbocycles. The Morgan fingerprint density at radius 1 is 1.33 bits per heavy atom. The maximum Gasteiger partial charge on any atom is 0.250 e. The number of allylic oxidation sites excluding steroid dienone is 1. The molecule has 2 rings (SSSR count). The van der Waals surface area contributed by atoms with E-state index in [1.165, 1.54) is 24.5 Å². The molecule has 1 N–H and O–H groups in total. The topological polar surface area (TPSA) is 46.2 Å². The lowest BCUT2D eigenvalue weighted by atomic mass is 9.97. The van der Waals surface area contributed by atoms with Gasteiger partial charge in [0.15, 0.2) is 0 Å². The zero-order valence-electron chi connectivity index (χ0n) is 9.99. The first-order valence-corrected chi connectivity index (χ1v) is 8.68. The molecule has 0 radical (unpaired) electrons. The van der Waals surface area contributed by atoms with Crippen LogP contribution >= 0.6 is 22.9 Å². The Balaban J connectivity index is 1.87. The maximum atomic E-state index is 11.9. The lowest BCUT2D eigenvalue weighted by Crippen LogP contribution is -2.24. The van der Waals surface area contributed by atoms with Gasteiger partial charge in [0.1, 0.15) is 4.21 Å². The number of sulfonamides is 1. The molecule has 3 nitrogen and oxygen atoms in total. The van der Waals surface area contributed by atoms with Crippen molar-refractivity contribution in [3.8, 4) is 0 Å². The van der Waals surface area contributed by atoms with Crippen LogP contribution in [-0.2, 0) is 10.0 Å². The zero-order valence-corrected chi connectivity index (χ0v) is 12.4. The third-order valence-electron chi connectivity index (χ3n) is 2.94. The van der Waals surface area contributed by atoms with Crippen molar-refractivity contribution in [1.29, 1.82) is 0 Å². The average molecular weight is 306 g/mol. The molecule has 18 heavy (non-hydrogen) atoms. The summed E-state index contributed by atoms with van der Waals surface area (Å²) in [6, 6.07) is 3.14. The Bertz CT molecular complexity index is 534. The van der Waals surface area contributed by atoms with E-state index in [1.807, 2.05) is 0 Å². The van der Waals surface area contributed by atoms with E-state index in [2.05, 4.69) is 10.8 Å². The van der Waals surface area contributed by atoms with Crippen LogP contribution in [0.5, 0.6) is 0 Å². The van der Waals surface area contributed by atoms with Crippen molar-refractivity contribution in [2.75, 3.05) is 6.54 Å². The van der Waals surface area contributed by atoms with Crippen LogP contribution in [0.15, 0.2) is 28.0 Å². The Labute approximate surface area is 117 Å². The van der Waals surface area contributed by atoms with E-state index >= 15 is 0 Å². The SMILES string of the molecule is O=S(=O)(NCCC1=CCCCC1)c1ccc(Cl)s1. The summed E-state index contributed by atoms with van der Waals surface area (Å²) in [5, 5.41) is 0. The van der Waals surface area contributed by atoms with Crippen molar-refractivity contribution in [3.63, 3.8) is 0 Å². The second-order valence-corrected chi connectivity index (χ2v) is 8.02. The average Bonchev–Trinajstić information content (AvgIpc) is 2.78. The molecule has 1 aliphatic carbocycles. The smallest absolute Gasteiger partial charge is 0.210 e. The molecule has 0 saturated heterocycles. The van der Waals surface area contributed by atoms with Crippen LogP contribution in [0.3, 0.4) is 0 Å². The molecule has 0 bridgehead atoms. The van der Waals surface area contributed by atoms with Gasteiger partial charge in [0.25, 0.3) is 0 Å². The van der Waals surface area contributed by atoms with Crippen molar-refractivity contribution in [2.24, 2.45) is 0 Å². The minimum atomic E-state index is -3.38. The Morgan fingerprint density at radius 3 is 2.78 bits per heavy atom. The minimum absolute atomic E-state index is 0.283. The van der Waals surface area contributed by atoms with Crippen LogP contribution in [0.25, 0.3) is 0 Å². The van der Waals surface area contributed by atoms with Gasteiger partial charge in [-0.3, -0.25) is 0 Å². The van der Waals surface area contributed by atoms with E-state index in [0.29, 0.717) is 10.9 Å². The first-order valence-electron chi connectivity index (χ1n) is 6.01. The fourth-order valence-electron chi connectivity index (χ4n) is 1.99. The fourth-order valence-corrected chi connectivity index (χ4v) is 4.55. The molecule has 0 unspecified atom stereocenters. The van der Waals surface area contributed by atoms with Crippen LogP contribution < -0.4 is 4.72 Å². The Kier molecular flexibility index (Phi) is 4.84. The first-order chi connectivity index (χ1) is 8.58. The zero-order chi connectivity index (χ0) is 13.0. The number of thiophene rings is 1. The normalized spacial score (nSPS) is 16.6. The molecular weight excluding hydrogens is 290 g/mol. The van der Waals surface area contributed by atoms with Gasteiger partial charge in [-0.05, 0) is 44.2 Å². The van der Waals surface area contributed by atoms with E-state index in [1.54, 1.807) is 6.07 Å². The van der Waals surface area contributed by atoms with E-state index in [4.69, 9.17) is 11.6 Å². The van der Waals surface area contributed by atoms with Gasteiger partial charge in [-0.15, -0.1) is 11.3 Å². The monoisotopic (exact) mass is 305 g/mol. The van der Waals surface area contributed by atoms with Crippen LogP contribution in [0.2, 0.25) is 4.34 Å². The molecule has 0 atom stereocenters. The van der Waals surface area contributed by atoms with Gasteiger partial charge in [0.05, 0.1) is 4.34 Å². The summed E-state index contributed by atoms with van der Waals surface area (Å²) < 4.78 is 27.2. The molecule has 1 aromatic rings. The molecule has 1 aromatic heterocycles. The van der Waals surface area contributed by atoms with E-state index < -0.39 is 10.0 Å². The van der Waals surface area contributed by atoms with Crippen molar-refractivity contribution in [1.82, 2.24) is 4.72 Å². The first kappa shape index (κ1) is 14.1. The molecule has 0 fully saturated rings. The summed E-state index contributed by atoms with van der Waals surface area (Å²) in [6.45, 7) is 0.462. The number of nitrogens with one attached hydrogen (secondary N) is 1.